The number of nitrogens with one attached hydrogen (secondary N) is 1. The van der Waals surface area contributed by atoms with Gasteiger partial charge in [-0.05, 0) is 50.5 Å². The predicted octanol–water partition coefficient (Wildman–Crippen LogP) is 4.28. The van der Waals surface area contributed by atoms with Gasteiger partial charge in [-0.15, -0.1) is 11.3 Å². The molecule has 134 valence electrons. The lowest BCUT2D eigenvalue weighted by atomic mass is 9.89. The number of H-pyrrole nitrogens is 1. The topological polar surface area (TPSA) is 49.0 Å². The Hall–Kier alpha value is -0.920. The molecule has 0 aromatic carbocycles. The third kappa shape index (κ3) is 3.38. The Kier molecular flexibility index (Phi) is 4.90. The van der Waals surface area contributed by atoms with E-state index in [4.69, 9.17) is 17.2 Å². The van der Waals surface area contributed by atoms with Gasteiger partial charge in [-0.3, -0.25) is 4.79 Å². The number of aromatic nitrogens is 2. The van der Waals surface area contributed by atoms with Gasteiger partial charge < -0.3 is 9.88 Å². The maximum atomic E-state index is 12.7. The standard InChI is InChI=1S/C18H23N3OS3/c1-10-5-6-12-13(9-10)25-17-14(12)16(22)19-15(20-17)11(2)24-18(23)21-7-3-4-8-21/h10-11H,3-9H2,1-2H3,(H,19,20,22)/t10-,11-/m1/s1. The molecule has 1 aliphatic carbocycles. The van der Waals surface area contributed by atoms with Crippen molar-refractivity contribution >= 4 is 49.9 Å². The molecule has 0 bridgehead atoms. The summed E-state index contributed by atoms with van der Waals surface area (Å²) in [5, 5.41) is 0.887. The van der Waals surface area contributed by atoms with E-state index < -0.39 is 0 Å². The molecule has 4 nitrogen and oxygen atoms in total. The Balaban J connectivity index is 1.62. The van der Waals surface area contributed by atoms with Crippen LogP contribution in [0.15, 0.2) is 4.79 Å². The van der Waals surface area contributed by atoms with Crippen LogP contribution in [0.3, 0.4) is 0 Å². The molecule has 1 saturated heterocycles. The number of hydrogen-bond acceptors (Lipinski definition) is 5. The summed E-state index contributed by atoms with van der Waals surface area (Å²) in [6.45, 7) is 6.47. The largest absolute Gasteiger partial charge is 0.358 e. The van der Waals surface area contributed by atoms with Crippen molar-refractivity contribution in [3.05, 3.63) is 26.6 Å². The van der Waals surface area contributed by atoms with Crippen LogP contribution in [0.25, 0.3) is 10.2 Å². The first-order valence-corrected chi connectivity index (χ1v) is 11.1. The fourth-order valence-electron chi connectivity index (χ4n) is 3.74. The number of hydrogen-bond donors (Lipinski definition) is 1. The van der Waals surface area contributed by atoms with Gasteiger partial charge in [0.05, 0.1) is 10.6 Å². The van der Waals surface area contributed by atoms with Gasteiger partial charge in [0.25, 0.3) is 5.56 Å². The number of thioether (sulfide) groups is 1. The first-order valence-electron chi connectivity index (χ1n) is 9.03. The van der Waals surface area contributed by atoms with E-state index in [2.05, 4.69) is 23.7 Å². The summed E-state index contributed by atoms with van der Waals surface area (Å²) >= 11 is 8.92. The highest BCUT2D eigenvalue weighted by Crippen LogP contribution is 2.37. The number of thiophene rings is 1. The van der Waals surface area contributed by atoms with E-state index in [0.29, 0.717) is 5.92 Å². The van der Waals surface area contributed by atoms with Crippen LogP contribution < -0.4 is 5.56 Å². The molecule has 2 atom stereocenters. The van der Waals surface area contributed by atoms with E-state index in [9.17, 15) is 4.79 Å². The minimum Gasteiger partial charge on any atom is -0.358 e. The van der Waals surface area contributed by atoms with Crippen molar-refractivity contribution < 1.29 is 0 Å². The van der Waals surface area contributed by atoms with Crippen molar-refractivity contribution in [2.24, 2.45) is 5.92 Å². The molecule has 0 saturated carbocycles. The van der Waals surface area contributed by atoms with Gasteiger partial charge in [-0.1, -0.05) is 30.9 Å². The molecule has 1 fully saturated rings. The van der Waals surface area contributed by atoms with E-state index in [1.807, 2.05) is 0 Å². The number of fused-ring (bicyclic) bond motifs is 3. The monoisotopic (exact) mass is 393 g/mol. The minimum atomic E-state index is 0.0200. The smallest absolute Gasteiger partial charge is 0.259 e. The average molecular weight is 394 g/mol. The summed E-state index contributed by atoms with van der Waals surface area (Å²) in [5.41, 5.74) is 1.26. The minimum absolute atomic E-state index is 0.0200. The summed E-state index contributed by atoms with van der Waals surface area (Å²) in [4.78, 5) is 25.1. The number of aryl methyl sites for hydroxylation is 1. The van der Waals surface area contributed by atoms with E-state index in [1.165, 1.54) is 23.3 Å². The lowest BCUT2D eigenvalue weighted by molar-refractivity contribution is 0.509. The van der Waals surface area contributed by atoms with Gasteiger partial charge >= 0.3 is 0 Å². The van der Waals surface area contributed by atoms with Crippen molar-refractivity contribution in [2.45, 2.75) is 51.2 Å². The summed E-state index contributed by atoms with van der Waals surface area (Å²) in [6.07, 6.45) is 5.68. The maximum absolute atomic E-state index is 12.7. The summed E-state index contributed by atoms with van der Waals surface area (Å²) < 4.78 is 0.923. The first kappa shape index (κ1) is 17.5. The van der Waals surface area contributed by atoms with Crippen molar-refractivity contribution in [1.82, 2.24) is 14.9 Å². The number of nitrogens with zero attached hydrogens (tertiary/aromatic N) is 2. The second-order valence-electron chi connectivity index (χ2n) is 7.20. The SMILES string of the molecule is C[C@@H]1CCc2c(sc3nc([C@@H](C)SC(=S)N4CCCC4)[nH]c(=O)c23)C1. The number of aromatic amines is 1. The average Bonchev–Trinajstić information content (AvgIpc) is 3.21. The van der Waals surface area contributed by atoms with E-state index in [0.717, 1.165) is 52.7 Å². The second kappa shape index (κ2) is 7.00. The van der Waals surface area contributed by atoms with Gasteiger partial charge in [-0.2, -0.15) is 0 Å². The molecule has 1 aliphatic heterocycles. The molecule has 25 heavy (non-hydrogen) atoms. The second-order valence-corrected chi connectivity index (χ2v) is 10.3. The highest BCUT2D eigenvalue weighted by atomic mass is 32.2. The summed E-state index contributed by atoms with van der Waals surface area (Å²) in [7, 11) is 0. The van der Waals surface area contributed by atoms with Gasteiger partial charge in [0.2, 0.25) is 0 Å². The van der Waals surface area contributed by atoms with Crippen LogP contribution in [0.5, 0.6) is 0 Å². The molecular formula is C18H23N3OS3. The van der Waals surface area contributed by atoms with Crippen LogP contribution in [0.4, 0.5) is 0 Å². The summed E-state index contributed by atoms with van der Waals surface area (Å²) in [6, 6.07) is 0. The number of likely N-dealkylation sites (tertiary alicyclic amines) is 1. The van der Waals surface area contributed by atoms with Crippen molar-refractivity contribution in [3.63, 3.8) is 0 Å². The van der Waals surface area contributed by atoms with Gasteiger partial charge in [0, 0.05) is 18.0 Å². The zero-order valence-corrected chi connectivity index (χ0v) is 17.1. The normalized spacial score (nSPS) is 21.5. The van der Waals surface area contributed by atoms with Crippen molar-refractivity contribution in [3.8, 4) is 0 Å². The first-order chi connectivity index (χ1) is 12.0. The molecule has 4 rings (SSSR count). The van der Waals surface area contributed by atoms with E-state index in [-0.39, 0.29) is 10.8 Å². The molecule has 0 spiro atoms. The zero-order chi connectivity index (χ0) is 17.6. The molecule has 0 radical (unpaired) electrons. The van der Waals surface area contributed by atoms with Crippen LogP contribution >= 0.6 is 35.3 Å². The molecule has 0 unspecified atom stereocenters. The Labute approximate surface area is 161 Å². The fraction of sp³-hybridized carbons (Fsp3) is 0.611. The molecule has 7 heteroatoms. The van der Waals surface area contributed by atoms with Gasteiger partial charge in [0.15, 0.2) is 0 Å². The molecule has 3 heterocycles. The van der Waals surface area contributed by atoms with Crippen molar-refractivity contribution in [2.75, 3.05) is 13.1 Å². The summed E-state index contributed by atoms with van der Waals surface area (Å²) in [5.74, 6) is 1.45. The molecule has 1 N–H and O–H groups in total. The molecular weight excluding hydrogens is 370 g/mol. The lowest BCUT2D eigenvalue weighted by Gasteiger charge is -2.20. The number of thiocarbonyl (C=S) groups is 1. The molecule has 2 aromatic rings. The third-order valence-corrected chi connectivity index (χ3v) is 7.94. The Morgan fingerprint density at radius 3 is 2.96 bits per heavy atom. The molecule has 2 aliphatic rings. The highest BCUT2D eigenvalue weighted by Gasteiger charge is 2.25. The van der Waals surface area contributed by atoms with Crippen LogP contribution in [0.2, 0.25) is 0 Å². The van der Waals surface area contributed by atoms with Gasteiger partial charge in [-0.25, -0.2) is 4.98 Å². The van der Waals surface area contributed by atoms with E-state index in [1.54, 1.807) is 23.1 Å². The lowest BCUT2D eigenvalue weighted by Crippen LogP contribution is -2.24. The van der Waals surface area contributed by atoms with Crippen LogP contribution in [0, 0.1) is 5.92 Å². The van der Waals surface area contributed by atoms with Crippen LogP contribution in [0.1, 0.15) is 54.6 Å². The highest BCUT2D eigenvalue weighted by molar-refractivity contribution is 8.23. The maximum Gasteiger partial charge on any atom is 0.259 e. The quantitative estimate of drug-likeness (QED) is 0.772. The Morgan fingerprint density at radius 1 is 1.44 bits per heavy atom. The van der Waals surface area contributed by atoms with Gasteiger partial charge in [0.1, 0.15) is 15.0 Å². The zero-order valence-electron chi connectivity index (χ0n) is 14.6. The predicted molar refractivity (Wildman–Crippen MR) is 111 cm³/mol. The fourth-order valence-corrected chi connectivity index (χ4v) is 6.60. The van der Waals surface area contributed by atoms with Crippen LogP contribution in [-0.4, -0.2) is 32.3 Å². The molecule has 2 aromatic heterocycles. The third-order valence-electron chi connectivity index (χ3n) is 5.21. The number of rotatable bonds is 2. The Morgan fingerprint density at radius 2 is 2.20 bits per heavy atom. The van der Waals surface area contributed by atoms with E-state index >= 15 is 0 Å². The van der Waals surface area contributed by atoms with Crippen molar-refractivity contribution in [1.29, 1.82) is 0 Å². The van der Waals surface area contributed by atoms with Crippen LogP contribution in [-0.2, 0) is 12.8 Å². The Bertz CT molecular complexity index is 866. The molecule has 0 amide bonds.